The van der Waals surface area contributed by atoms with Crippen LogP contribution >= 0.6 is 0 Å². The van der Waals surface area contributed by atoms with Crippen LogP contribution in [-0.2, 0) is 9.53 Å². The van der Waals surface area contributed by atoms with Crippen LogP contribution in [0.15, 0.2) is 18.3 Å². The van der Waals surface area contributed by atoms with Crippen molar-refractivity contribution in [2.75, 3.05) is 32.2 Å². The topological polar surface area (TPSA) is 51.7 Å². The highest BCUT2D eigenvalue weighted by atomic mass is 16.5. The van der Waals surface area contributed by atoms with Crippen LogP contribution in [0.25, 0.3) is 0 Å². The molecule has 5 nitrogen and oxygen atoms in total. The molecule has 0 bridgehead atoms. The molecule has 0 aliphatic carbocycles. The number of aromatic nitrogens is 1. The zero-order valence-electron chi connectivity index (χ0n) is 10.8. The number of piperidine rings is 1. The maximum absolute atomic E-state index is 11.6. The van der Waals surface area contributed by atoms with Gasteiger partial charge in [-0.15, -0.1) is 0 Å². The number of rotatable bonds is 3. The summed E-state index contributed by atoms with van der Waals surface area (Å²) >= 11 is 0. The molecule has 18 heavy (non-hydrogen) atoms. The van der Waals surface area contributed by atoms with Crippen LogP contribution in [0.2, 0.25) is 0 Å². The second-order valence-electron chi connectivity index (χ2n) is 4.36. The van der Waals surface area contributed by atoms with Crippen molar-refractivity contribution in [2.45, 2.75) is 12.8 Å². The average molecular weight is 250 g/mol. The van der Waals surface area contributed by atoms with Gasteiger partial charge in [0.25, 0.3) is 0 Å². The molecule has 5 heteroatoms. The highest BCUT2D eigenvalue weighted by Gasteiger charge is 2.26. The molecule has 0 spiro atoms. The first-order valence-corrected chi connectivity index (χ1v) is 6.07. The molecule has 0 N–H and O–H groups in total. The molecule has 1 aromatic heterocycles. The number of anilines is 1. The van der Waals surface area contributed by atoms with E-state index < -0.39 is 0 Å². The van der Waals surface area contributed by atoms with Gasteiger partial charge in [-0.1, -0.05) is 0 Å². The second kappa shape index (κ2) is 5.71. The maximum Gasteiger partial charge on any atom is 0.310 e. The van der Waals surface area contributed by atoms with E-state index >= 15 is 0 Å². The third-order valence-electron chi connectivity index (χ3n) is 3.24. The first-order valence-electron chi connectivity index (χ1n) is 6.07. The van der Waals surface area contributed by atoms with Gasteiger partial charge in [0, 0.05) is 13.1 Å². The quantitative estimate of drug-likeness (QED) is 0.760. The maximum atomic E-state index is 11.6. The van der Waals surface area contributed by atoms with Gasteiger partial charge in [-0.2, -0.15) is 0 Å². The Morgan fingerprint density at radius 1 is 1.44 bits per heavy atom. The Morgan fingerprint density at radius 3 is 2.89 bits per heavy atom. The lowest BCUT2D eigenvalue weighted by molar-refractivity contribution is -0.145. The van der Waals surface area contributed by atoms with Gasteiger partial charge in [-0.25, -0.2) is 4.98 Å². The van der Waals surface area contributed by atoms with Gasteiger partial charge in [-0.05, 0) is 25.0 Å². The van der Waals surface area contributed by atoms with E-state index in [1.165, 1.54) is 7.11 Å². The van der Waals surface area contributed by atoms with Crippen molar-refractivity contribution in [3.8, 4) is 5.75 Å². The molecule has 0 radical (unpaired) electrons. The van der Waals surface area contributed by atoms with Crippen molar-refractivity contribution in [2.24, 2.45) is 5.92 Å². The molecule has 1 aliphatic rings. The number of carbonyl (C=O) groups is 1. The lowest BCUT2D eigenvalue weighted by Gasteiger charge is -2.32. The first kappa shape index (κ1) is 12.7. The number of ether oxygens (including phenoxy) is 2. The fourth-order valence-corrected chi connectivity index (χ4v) is 2.22. The summed E-state index contributed by atoms with van der Waals surface area (Å²) in [7, 11) is 3.05. The van der Waals surface area contributed by atoms with Gasteiger partial charge in [0.1, 0.15) is 11.6 Å². The highest BCUT2D eigenvalue weighted by Crippen LogP contribution is 2.23. The minimum Gasteiger partial charge on any atom is -0.495 e. The van der Waals surface area contributed by atoms with Crippen LogP contribution in [0.4, 0.5) is 5.82 Å². The van der Waals surface area contributed by atoms with E-state index in [0.717, 1.165) is 31.0 Å². The number of hydrogen-bond donors (Lipinski definition) is 0. The molecule has 1 aliphatic heterocycles. The number of hydrogen-bond acceptors (Lipinski definition) is 5. The smallest absolute Gasteiger partial charge is 0.310 e. The third kappa shape index (κ3) is 2.72. The van der Waals surface area contributed by atoms with Crippen LogP contribution in [-0.4, -0.2) is 38.3 Å². The van der Waals surface area contributed by atoms with Crippen LogP contribution in [0.3, 0.4) is 0 Å². The summed E-state index contributed by atoms with van der Waals surface area (Å²) < 4.78 is 9.88. The summed E-state index contributed by atoms with van der Waals surface area (Å²) in [5, 5.41) is 0. The second-order valence-corrected chi connectivity index (χ2v) is 4.36. The summed E-state index contributed by atoms with van der Waals surface area (Å²) in [6, 6.07) is 3.79. The largest absolute Gasteiger partial charge is 0.495 e. The van der Waals surface area contributed by atoms with Crippen molar-refractivity contribution in [1.82, 2.24) is 4.98 Å². The van der Waals surface area contributed by atoms with E-state index in [1.54, 1.807) is 13.3 Å². The Balaban J connectivity index is 2.05. The molecule has 0 saturated carbocycles. The van der Waals surface area contributed by atoms with Crippen molar-refractivity contribution in [3.63, 3.8) is 0 Å². The van der Waals surface area contributed by atoms with Gasteiger partial charge in [-0.3, -0.25) is 4.79 Å². The summed E-state index contributed by atoms with van der Waals surface area (Å²) in [5.41, 5.74) is 0. The van der Waals surface area contributed by atoms with Crippen LogP contribution < -0.4 is 9.64 Å². The molecule has 0 amide bonds. The molecule has 2 rings (SSSR count). The Hall–Kier alpha value is -1.78. The highest BCUT2D eigenvalue weighted by molar-refractivity contribution is 5.73. The molecule has 1 aromatic rings. The van der Waals surface area contributed by atoms with Crippen molar-refractivity contribution in [3.05, 3.63) is 18.3 Å². The number of nitrogens with zero attached hydrogens (tertiary/aromatic N) is 2. The third-order valence-corrected chi connectivity index (χ3v) is 3.24. The Kier molecular flexibility index (Phi) is 4.02. The van der Waals surface area contributed by atoms with E-state index in [2.05, 4.69) is 9.88 Å². The van der Waals surface area contributed by atoms with Gasteiger partial charge in [0.2, 0.25) is 0 Å². The summed E-state index contributed by atoms with van der Waals surface area (Å²) in [6.07, 6.45) is 3.56. The molecule has 98 valence electrons. The van der Waals surface area contributed by atoms with Crippen molar-refractivity contribution in [1.29, 1.82) is 0 Å². The zero-order valence-corrected chi connectivity index (χ0v) is 10.8. The predicted octanol–water partition coefficient (Wildman–Crippen LogP) is 1.48. The molecular weight excluding hydrogens is 232 g/mol. The van der Waals surface area contributed by atoms with Crippen LogP contribution in [0.1, 0.15) is 12.8 Å². The number of pyridine rings is 1. The van der Waals surface area contributed by atoms with Crippen molar-refractivity contribution >= 4 is 11.8 Å². The fraction of sp³-hybridized carbons (Fsp3) is 0.538. The van der Waals surface area contributed by atoms with E-state index in [-0.39, 0.29) is 11.9 Å². The lowest BCUT2D eigenvalue weighted by atomic mass is 9.98. The number of esters is 1. The summed E-state index contributed by atoms with van der Waals surface area (Å²) in [4.78, 5) is 18.0. The molecular formula is C13H18N2O3. The molecule has 0 aromatic carbocycles. The summed E-state index contributed by atoms with van der Waals surface area (Å²) in [5.74, 6) is 1.44. The Bertz CT molecular complexity index is 405. The minimum absolute atomic E-state index is 0.0485. The fourth-order valence-electron chi connectivity index (χ4n) is 2.22. The zero-order chi connectivity index (χ0) is 13.0. The molecule has 1 atom stereocenters. The predicted molar refractivity (Wildman–Crippen MR) is 67.7 cm³/mol. The normalized spacial score (nSPS) is 19.4. The standard InChI is InChI=1S/C13H18N2O3/c1-17-11-5-6-12(14-8-11)15-7-3-4-10(9-15)13(16)18-2/h5-6,8,10H,3-4,7,9H2,1-2H3. The van der Waals surface area contributed by atoms with E-state index in [0.29, 0.717) is 6.54 Å². The number of carbonyl (C=O) groups excluding carboxylic acids is 1. The average Bonchev–Trinajstić information content (AvgIpc) is 2.46. The van der Waals surface area contributed by atoms with Crippen LogP contribution in [0.5, 0.6) is 5.75 Å². The molecule has 1 saturated heterocycles. The van der Waals surface area contributed by atoms with Gasteiger partial charge in [0.15, 0.2) is 0 Å². The van der Waals surface area contributed by atoms with Gasteiger partial charge < -0.3 is 14.4 Å². The van der Waals surface area contributed by atoms with E-state index in [4.69, 9.17) is 9.47 Å². The van der Waals surface area contributed by atoms with Gasteiger partial charge >= 0.3 is 5.97 Å². The Morgan fingerprint density at radius 2 is 2.28 bits per heavy atom. The minimum atomic E-state index is -0.131. The first-order chi connectivity index (χ1) is 8.74. The van der Waals surface area contributed by atoms with E-state index in [1.807, 2.05) is 12.1 Å². The van der Waals surface area contributed by atoms with Crippen molar-refractivity contribution < 1.29 is 14.3 Å². The SMILES string of the molecule is COC(=O)C1CCCN(c2ccc(OC)cn2)C1. The monoisotopic (exact) mass is 250 g/mol. The summed E-state index contributed by atoms with van der Waals surface area (Å²) in [6.45, 7) is 1.60. The van der Waals surface area contributed by atoms with Crippen LogP contribution in [0, 0.1) is 5.92 Å². The van der Waals surface area contributed by atoms with Gasteiger partial charge in [0.05, 0.1) is 26.3 Å². The van der Waals surface area contributed by atoms with E-state index in [9.17, 15) is 4.79 Å². The lowest BCUT2D eigenvalue weighted by Crippen LogP contribution is -2.39. The molecule has 2 heterocycles. The molecule has 1 unspecified atom stereocenters. The Labute approximate surface area is 107 Å². The number of methoxy groups -OCH3 is 2. The molecule has 1 fully saturated rings.